The fraction of sp³-hybridized carbons (Fsp3) is 0.778. The summed E-state index contributed by atoms with van der Waals surface area (Å²) in [5.41, 5.74) is 0. The first-order valence-corrected chi connectivity index (χ1v) is 10.0. The van der Waals surface area contributed by atoms with Crippen LogP contribution in [0.5, 0.6) is 0 Å². The Balaban J connectivity index is 1.43. The summed E-state index contributed by atoms with van der Waals surface area (Å²) < 4.78 is 13.0. The largest absolute Gasteiger partial charge is 0.379 e. The van der Waals surface area contributed by atoms with Gasteiger partial charge in [-0.05, 0) is 24.4 Å². The van der Waals surface area contributed by atoms with E-state index in [1.807, 2.05) is 0 Å². The Morgan fingerprint density at radius 3 is 2.81 bits per heavy atom. The van der Waals surface area contributed by atoms with Gasteiger partial charge in [0, 0.05) is 45.6 Å². The zero-order valence-corrected chi connectivity index (χ0v) is 16.3. The van der Waals surface area contributed by atoms with Crippen molar-refractivity contribution in [2.45, 2.75) is 45.1 Å². The van der Waals surface area contributed by atoms with E-state index in [9.17, 15) is 0 Å². The van der Waals surface area contributed by atoms with Crippen molar-refractivity contribution in [3.8, 4) is 0 Å². The molecule has 0 saturated carbocycles. The van der Waals surface area contributed by atoms with Crippen molar-refractivity contribution < 1.29 is 9.26 Å². The lowest BCUT2D eigenvalue weighted by Crippen LogP contribution is -2.37. The molecule has 27 heavy (non-hydrogen) atoms. The minimum atomic E-state index is 0.336. The first-order chi connectivity index (χ1) is 13.2. The summed E-state index contributed by atoms with van der Waals surface area (Å²) in [4.78, 5) is 9.13. The lowest BCUT2D eigenvalue weighted by Gasteiger charge is -2.31. The van der Waals surface area contributed by atoms with E-state index in [0.717, 1.165) is 89.2 Å². The number of piperidine rings is 1. The van der Waals surface area contributed by atoms with Gasteiger partial charge in [-0.3, -0.25) is 4.90 Å². The van der Waals surface area contributed by atoms with Gasteiger partial charge < -0.3 is 18.7 Å². The molecule has 9 nitrogen and oxygen atoms in total. The highest BCUT2D eigenvalue weighted by molar-refractivity contribution is 5.30. The predicted octanol–water partition coefficient (Wildman–Crippen LogP) is 1.37. The van der Waals surface area contributed by atoms with Crippen LogP contribution in [-0.2, 0) is 24.8 Å². The highest BCUT2D eigenvalue weighted by Crippen LogP contribution is 2.28. The van der Waals surface area contributed by atoms with Gasteiger partial charge >= 0.3 is 0 Å². The van der Waals surface area contributed by atoms with Crippen molar-refractivity contribution in [2.75, 3.05) is 44.3 Å². The minimum Gasteiger partial charge on any atom is -0.379 e. The van der Waals surface area contributed by atoms with Crippen LogP contribution in [-0.4, -0.2) is 69.2 Å². The molecule has 2 aromatic rings. The van der Waals surface area contributed by atoms with Gasteiger partial charge in [-0.25, -0.2) is 0 Å². The first kappa shape index (κ1) is 18.4. The molecule has 4 rings (SSSR count). The van der Waals surface area contributed by atoms with E-state index in [-0.39, 0.29) is 0 Å². The molecule has 0 unspecified atom stereocenters. The summed E-state index contributed by atoms with van der Waals surface area (Å²) in [5, 5.41) is 13.2. The molecule has 2 aliphatic rings. The van der Waals surface area contributed by atoms with Crippen molar-refractivity contribution in [2.24, 2.45) is 7.05 Å². The highest BCUT2D eigenvalue weighted by atomic mass is 16.5. The summed E-state index contributed by atoms with van der Waals surface area (Å²) in [5.74, 6) is 3.84. The van der Waals surface area contributed by atoms with E-state index >= 15 is 0 Å². The Morgan fingerprint density at radius 1 is 1.15 bits per heavy atom. The third-order valence-corrected chi connectivity index (χ3v) is 5.46. The first-order valence-electron chi connectivity index (χ1n) is 10.0. The molecule has 0 radical (unpaired) electrons. The number of hydrogen-bond acceptors (Lipinski definition) is 8. The van der Waals surface area contributed by atoms with Gasteiger partial charge in [-0.2, -0.15) is 4.98 Å². The molecule has 2 saturated heterocycles. The van der Waals surface area contributed by atoms with Crippen molar-refractivity contribution in [3.05, 3.63) is 17.5 Å². The van der Waals surface area contributed by atoms with Crippen LogP contribution in [0.2, 0.25) is 0 Å². The van der Waals surface area contributed by atoms with E-state index in [0.29, 0.717) is 11.9 Å². The van der Waals surface area contributed by atoms with Crippen LogP contribution in [0.25, 0.3) is 0 Å². The lowest BCUT2D eigenvalue weighted by molar-refractivity contribution is 0.0326. The van der Waals surface area contributed by atoms with Gasteiger partial charge in [0.25, 0.3) is 5.95 Å². The maximum Gasteiger partial charge on any atom is 0.266 e. The maximum atomic E-state index is 5.43. The van der Waals surface area contributed by atoms with Gasteiger partial charge in [-0.15, -0.1) is 10.2 Å². The molecule has 9 heteroatoms. The van der Waals surface area contributed by atoms with Crippen molar-refractivity contribution in [3.63, 3.8) is 0 Å². The minimum absolute atomic E-state index is 0.336. The Hall–Kier alpha value is -2.00. The molecule has 0 bridgehead atoms. The highest BCUT2D eigenvalue weighted by Gasteiger charge is 2.28. The summed E-state index contributed by atoms with van der Waals surface area (Å²) in [6.45, 7) is 8.27. The molecular weight excluding hydrogens is 346 g/mol. The predicted molar refractivity (Wildman–Crippen MR) is 99.6 cm³/mol. The van der Waals surface area contributed by atoms with Crippen molar-refractivity contribution in [1.82, 2.24) is 29.8 Å². The van der Waals surface area contributed by atoms with Gasteiger partial charge in [0.1, 0.15) is 11.6 Å². The fourth-order valence-electron chi connectivity index (χ4n) is 3.89. The second-order valence-electron chi connectivity index (χ2n) is 7.45. The van der Waals surface area contributed by atoms with Crippen molar-refractivity contribution in [1.29, 1.82) is 0 Å². The van der Waals surface area contributed by atoms with Crippen molar-refractivity contribution >= 4 is 5.95 Å². The summed E-state index contributed by atoms with van der Waals surface area (Å²) >= 11 is 0. The number of aryl methyl sites for hydroxylation is 1. The van der Waals surface area contributed by atoms with Crippen LogP contribution in [0.15, 0.2) is 4.52 Å². The maximum absolute atomic E-state index is 5.43. The van der Waals surface area contributed by atoms with E-state index in [1.165, 1.54) is 0 Å². The number of aromatic nitrogens is 5. The number of hydrogen-bond donors (Lipinski definition) is 0. The molecule has 4 heterocycles. The summed E-state index contributed by atoms with van der Waals surface area (Å²) in [7, 11) is 2.08. The zero-order chi connectivity index (χ0) is 18.6. The van der Waals surface area contributed by atoms with E-state index in [2.05, 4.69) is 48.7 Å². The number of ether oxygens (including phenoxy) is 1. The normalized spacial score (nSPS) is 21.7. The van der Waals surface area contributed by atoms with E-state index in [1.54, 1.807) is 0 Å². The second-order valence-corrected chi connectivity index (χ2v) is 7.45. The Morgan fingerprint density at radius 2 is 2.00 bits per heavy atom. The molecule has 2 aromatic heterocycles. The fourth-order valence-corrected chi connectivity index (χ4v) is 3.89. The molecule has 0 amide bonds. The molecule has 0 aliphatic carbocycles. The number of nitrogens with zero attached hydrogens (tertiary/aromatic N) is 7. The van der Waals surface area contributed by atoms with Gasteiger partial charge in [-0.1, -0.05) is 6.92 Å². The third kappa shape index (κ3) is 4.14. The molecule has 1 atom stereocenters. The standard InChI is InChI=1S/C18H29N7O2/c1-3-5-16-19-18(22-27-16)25-7-4-6-14(12-25)17-21-20-15(23(17)2)13-24-8-10-26-11-9-24/h14H,3-13H2,1-2H3/t14-/m0/s1. The van der Waals surface area contributed by atoms with Crippen LogP contribution in [0.1, 0.15) is 49.6 Å². The van der Waals surface area contributed by atoms with Crippen LogP contribution in [0.3, 0.4) is 0 Å². The molecule has 0 aromatic carbocycles. The quantitative estimate of drug-likeness (QED) is 0.748. The average molecular weight is 375 g/mol. The Labute approximate surface area is 159 Å². The van der Waals surface area contributed by atoms with Gasteiger partial charge in [0.05, 0.1) is 19.8 Å². The average Bonchev–Trinajstić information content (AvgIpc) is 3.31. The number of rotatable bonds is 6. The molecular formula is C18H29N7O2. The van der Waals surface area contributed by atoms with Crippen LogP contribution < -0.4 is 4.90 Å². The topological polar surface area (TPSA) is 85.3 Å². The Kier molecular flexibility index (Phi) is 5.68. The molecule has 0 N–H and O–H groups in total. The smallest absolute Gasteiger partial charge is 0.266 e. The number of anilines is 1. The zero-order valence-electron chi connectivity index (χ0n) is 16.3. The molecule has 148 valence electrons. The second kappa shape index (κ2) is 8.35. The SMILES string of the molecule is CCCc1nc(N2CCC[C@H](c3nnc(CN4CCOCC4)n3C)C2)no1. The lowest BCUT2D eigenvalue weighted by atomic mass is 9.97. The summed E-state index contributed by atoms with van der Waals surface area (Å²) in [6.07, 6.45) is 4.04. The van der Waals surface area contributed by atoms with Crippen LogP contribution >= 0.6 is 0 Å². The van der Waals surface area contributed by atoms with E-state index < -0.39 is 0 Å². The van der Waals surface area contributed by atoms with Gasteiger partial charge in [0.2, 0.25) is 5.89 Å². The number of morpholine rings is 1. The van der Waals surface area contributed by atoms with Crippen LogP contribution in [0.4, 0.5) is 5.95 Å². The monoisotopic (exact) mass is 375 g/mol. The third-order valence-electron chi connectivity index (χ3n) is 5.46. The molecule has 2 aliphatic heterocycles. The summed E-state index contributed by atoms with van der Waals surface area (Å²) in [6, 6.07) is 0. The van der Waals surface area contributed by atoms with E-state index in [4.69, 9.17) is 9.26 Å². The molecule has 0 spiro atoms. The Bertz CT molecular complexity index is 738. The molecule has 2 fully saturated rings. The van der Waals surface area contributed by atoms with Crippen LogP contribution in [0, 0.1) is 0 Å². The van der Waals surface area contributed by atoms with Gasteiger partial charge in [0.15, 0.2) is 0 Å².